The van der Waals surface area contributed by atoms with Crippen molar-refractivity contribution in [1.29, 1.82) is 0 Å². The van der Waals surface area contributed by atoms with Crippen LogP contribution >= 0.6 is 11.6 Å². The number of furan rings is 1. The van der Waals surface area contributed by atoms with Crippen molar-refractivity contribution in [3.05, 3.63) is 70.4 Å². The topological polar surface area (TPSA) is 60.5 Å². The highest BCUT2D eigenvalue weighted by Gasteiger charge is 2.17. The van der Waals surface area contributed by atoms with Crippen LogP contribution in [0.25, 0.3) is 0 Å². The lowest BCUT2D eigenvalue weighted by Crippen LogP contribution is -2.26. The summed E-state index contributed by atoms with van der Waals surface area (Å²) in [5.41, 5.74) is 1.77. The molecule has 7 heteroatoms. The molecule has 0 unspecified atom stereocenters. The maximum atomic E-state index is 12.6. The van der Waals surface area contributed by atoms with Crippen molar-refractivity contribution in [3.8, 4) is 5.75 Å². The molecule has 1 aromatic carbocycles. The van der Waals surface area contributed by atoms with Crippen LogP contribution in [0.4, 0.5) is 0 Å². The highest BCUT2D eigenvalue weighted by atomic mass is 35.5. The number of hydrogen-bond donors (Lipinski definition) is 0. The molecule has 2 heterocycles. The van der Waals surface area contributed by atoms with Gasteiger partial charge in [-0.05, 0) is 43.7 Å². The van der Waals surface area contributed by atoms with Gasteiger partial charge in [-0.1, -0.05) is 23.7 Å². The van der Waals surface area contributed by atoms with Gasteiger partial charge in [0, 0.05) is 19.8 Å². The number of aryl methyl sites for hydroxylation is 2. The third-order valence-electron chi connectivity index (χ3n) is 4.16. The van der Waals surface area contributed by atoms with Gasteiger partial charge in [-0.25, -0.2) is 0 Å². The fraction of sp³-hybridized carbons (Fsp3) is 0.300. The number of nitrogens with zero attached hydrogens (tertiary/aromatic N) is 3. The van der Waals surface area contributed by atoms with Gasteiger partial charge < -0.3 is 14.1 Å². The SMILES string of the molecule is CCn1ccc(CN(C)C(=O)c2ccc(COc3c(C)cccc3Cl)o2)n1. The van der Waals surface area contributed by atoms with Gasteiger partial charge in [-0.2, -0.15) is 5.10 Å². The fourth-order valence-electron chi connectivity index (χ4n) is 2.68. The van der Waals surface area contributed by atoms with E-state index >= 15 is 0 Å². The standard InChI is InChI=1S/C20H22ClN3O3/c1-4-24-11-10-15(22-24)12-23(3)20(25)18-9-8-16(27-18)13-26-19-14(2)6-5-7-17(19)21/h5-11H,4,12-13H2,1-3H3. The summed E-state index contributed by atoms with van der Waals surface area (Å²) >= 11 is 6.16. The van der Waals surface area contributed by atoms with E-state index in [0.717, 1.165) is 17.8 Å². The van der Waals surface area contributed by atoms with E-state index in [1.165, 1.54) is 0 Å². The lowest BCUT2D eigenvalue weighted by atomic mass is 10.2. The normalized spacial score (nSPS) is 10.8. The Morgan fingerprint density at radius 2 is 2.11 bits per heavy atom. The molecule has 0 atom stereocenters. The molecule has 27 heavy (non-hydrogen) atoms. The molecule has 1 amide bonds. The van der Waals surface area contributed by atoms with Gasteiger partial charge in [0.1, 0.15) is 18.1 Å². The van der Waals surface area contributed by atoms with Crippen LogP contribution in [0.1, 0.15) is 34.5 Å². The molecule has 3 aromatic rings. The number of benzene rings is 1. The summed E-state index contributed by atoms with van der Waals surface area (Å²) in [6, 6.07) is 10.9. The number of amides is 1. The first kappa shape index (κ1) is 19.0. The molecule has 0 saturated heterocycles. The smallest absolute Gasteiger partial charge is 0.289 e. The van der Waals surface area contributed by atoms with E-state index in [-0.39, 0.29) is 18.3 Å². The summed E-state index contributed by atoms with van der Waals surface area (Å²) in [4.78, 5) is 14.1. The molecule has 0 saturated carbocycles. The largest absolute Gasteiger partial charge is 0.484 e. The average Bonchev–Trinajstić information content (AvgIpc) is 3.30. The zero-order valence-electron chi connectivity index (χ0n) is 15.6. The van der Waals surface area contributed by atoms with Crippen LogP contribution in [-0.4, -0.2) is 27.6 Å². The Morgan fingerprint density at radius 3 is 2.81 bits per heavy atom. The molecule has 142 valence electrons. The third-order valence-corrected chi connectivity index (χ3v) is 4.46. The number of ether oxygens (including phenoxy) is 1. The van der Waals surface area contributed by atoms with E-state index in [9.17, 15) is 4.79 Å². The van der Waals surface area contributed by atoms with E-state index in [2.05, 4.69) is 5.10 Å². The van der Waals surface area contributed by atoms with Crippen LogP contribution < -0.4 is 4.74 Å². The second-order valence-corrected chi connectivity index (χ2v) is 6.67. The minimum absolute atomic E-state index is 0.197. The van der Waals surface area contributed by atoms with Crippen LogP contribution in [0.3, 0.4) is 0 Å². The predicted molar refractivity (Wildman–Crippen MR) is 103 cm³/mol. The summed E-state index contributed by atoms with van der Waals surface area (Å²) in [5, 5.41) is 4.93. The second-order valence-electron chi connectivity index (χ2n) is 6.26. The number of halogens is 1. The molecule has 0 N–H and O–H groups in total. The zero-order chi connectivity index (χ0) is 19.4. The van der Waals surface area contributed by atoms with Gasteiger partial charge in [0.25, 0.3) is 5.91 Å². The van der Waals surface area contributed by atoms with Crippen LogP contribution in [-0.2, 0) is 19.7 Å². The monoisotopic (exact) mass is 387 g/mol. The number of carbonyl (C=O) groups is 1. The van der Waals surface area contributed by atoms with Crippen molar-refractivity contribution < 1.29 is 13.9 Å². The highest BCUT2D eigenvalue weighted by Crippen LogP contribution is 2.28. The molecule has 0 fully saturated rings. The van der Waals surface area contributed by atoms with Gasteiger partial charge in [0.2, 0.25) is 0 Å². The van der Waals surface area contributed by atoms with E-state index in [0.29, 0.717) is 23.1 Å². The second kappa shape index (κ2) is 8.31. The fourth-order valence-corrected chi connectivity index (χ4v) is 2.96. The maximum absolute atomic E-state index is 12.6. The highest BCUT2D eigenvalue weighted by molar-refractivity contribution is 6.32. The van der Waals surface area contributed by atoms with Crippen molar-refractivity contribution in [2.24, 2.45) is 0 Å². The number of rotatable bonds is 7. The van der Waals surface area contributed by atoms with Crippen molar-refractivity contribution in [3.63, 3.8) is 0 Å². The van der Waals surface area contributed by atoms with Crippen LogP contribution in [0.15, 0.2) is 47.0 Å². The van der Waals surface area contributed by atoms with Crippen LogP contribution in [0.2, 0.25) is 5.02 Å². The third kappa shape index (κ3) is 4.52. The van der Waals surface area contributed by atoms with E-state index < -0.39 is 0 Å². The zero-order valence-corrected chi connectivity index (χ0v) is 16.4. The van der Waals surface area contributed by atoms with Gasteiger partial charge in [0.05, 0.1) is 17.3 Å². The molecule has 0 aliphatic rings. The van der Waals surface area contributed by atoms with Crippen molar-refractivity contribution >= 4 is 17.5 Å². The molecular formula is C20H22ClN3O3. The van der Waals surface area contributed by atoms with E-state index in [1.807, 2.05) is 42.9 Å². The summed E-state index contributed by atoms with van der Waals surface area (Å²) in [7, 11) is 1.72. The van der Waals surface area contributed by atoms with Crippen LogP contribution in [0.5, 0.6) is 5.75 Å². The predicted octanol–water partition coefficient (Wildman–Crippen LogP) is 4.31. The van der Waals surface area contributed by atoms with Crippen molar-refractivity contribution in [1.82, 2.24) is 14.7 Å². The Bertz CT molecular complexity index is 912. The molecule has 0 radical (unpaired) electrons. The molecule has 6 nitrogen and oxygen atoms in total. The Labute approximate surface area is 163 Å². The first-order valence-electron chi connectivity index (χ1n) is 8.72. The first-order valence-corrected chi connectivity index (χ1v) is 9.10. The van der Waals surface area contributed by atoms with E-state index in [4.69, 9.17) is 20.8 Å². The number of hydrogen-bond acceptors (Lipinski definition) is 4. The summed E-state index contributed by atoms with van der Waals surface area (Å²) in [6.07, 6.45) is 1.90. The molecule has 0 bridgehead atoms. The number of para-hydroxylation sites is 1. The molecule has 0 aliphatic heterocycles. The van der Waals surface area contributed by atoms with E-state index in [1.54, 1.807) is 30.1 Å². The van der Waals surface area contributed by atoms with Gasteiger partial charge in [-0.15, -0.1) is 0 Å². The van der Waals surface area contributed by atoms with Gasteiger partial charge in [0.15, 0.2) is 5.76 Å². The Hall–Kier alpha value is -2.73. The summed E-state index contributed by atoms with van der Waals surface area (Å²) < 4.78 is 13.2. The minimum Gasteiger partial charge on any atom is -0.484 e. The first-order chi connectivity index (χ1) is 13.0. The molecule has 2 aromatic heterocycles. The molecule has 3 rings (SSSR count). The minimum atomic E-state index is -0.207. The Kier molecular flexibility index (Phi) is 5.86. The maximum Gasteiger partial charge on any atom is 0.289 e. The quantitative estimate of drug-likeness (QED) is 0.606. The van der Waals surface area contributed by atoms with Gasteiger partial charge in [-0.3, -0.25) is 9.48 Å². The number of aromatic nitrogens is 2. The van der Waals surface area contributed by atoms with Crippen molar-refractivity contribution in [2.45, 2.75) is 33.5 Å². The van der Waals surface area contributed by atoms with Crippen molar-refractivity contribution in [2.75, 3.05) is 7.05 Å². The molecule has 0 spiro atoms. The number of carbonyl (C=O) groups excluding carboxylic acids is 1. The van der Waals surface area contributed by atoms with Gasteiger partial charge >= 0.3 is 0 Å². The lowest BCUT2D eigenvalue weighted by Gasteiger charge is -2.14. The summed E-state index contributed by atoms with van der Waals surface area (Å²) in [5.74, 6) is 1.23. The molecular weight excluding hydrogens is 366 g/mol. The molecule has 0 aliphatic carbocycles. The lowest BCUT2D eigenvalue weighted by molar-refractivity contribution is 0.0747. The Balaban J connectivity index is 1.61. The average molecular weight is 388 g/mol. The van der Waals surface area contributed by atoms with Crippen LogP contribution in [0, 0.1) is 6.92 Å². The Morgan fingerprint density at radius 1 is 1.30 bits per heavy atom. The summed E-state index contributed by atoms with van der Waals surface area (Å²) in [6.45, 7) is 5.35.